The van der Waals surface area contributed by atoms with E-state index in [0.29, 0.717) is 11.6 Å². The van der Waals surface area contributed by atoms with Crippen LogP contribution in [0.3, 0.4) is 0 Å². The minimum Gasteiger partial charge on any atom is -0.392 e. The van der Waals surface area contributed by atoms with E-state index >= 15 is 0 Å². The Morgan fingerprint density at radius 1 is 1.03 bits per heavy atom. The van der Waals surface area contributed by atoms with E-state index in [4.69, 9.17) is 10.2 Å². The highest BCUT2D eigenvalue weighted by molar-refractivity contribution is 7.89. The maximum absolute atomic E-state index is 11.8. The van der Waals surface area contributed by atoms with Gasteiger partial charge in [-0.15, -0.1) is 0 Å². The van der Waals surface area contributed by atoms with Gasteiger partial charge >= 0.3 is 0 Å². The Kier molecular flexibility index (Phi) is 5.54. The highest BCUT2D eigenvalue weighted by Gasteiger charge is 2.22. The third-order valence-electron chi connectivity index (χ3n) is 5.59. The van der Waals surface area contributed by atoms with Crippen LogP contribution in [0, 0.1) is 0 Å². The summed E-state index contributed by atoms with van der Waals surface area (Å²) in [6, 6.07) is 16.9. The molecule has 29 heavy (non-hydrogen) atoms. The third-order valence-corrected chi connectivity index (χ3v) is 6.60. The van der Waals surface area contributed by atoms with E-state index in [1.165, 1.54) is 25.3 Å². The molecule has 0 bridgehead atoms. The van der Waals surface area contributed by atoms with Crippen molar-refractivity contribution >= 4 is 10.0 Å². The minimum absolute atomic E-state index is 0.0651. The maximum Gasteiger partial charge on any atom is 0.238 e. The Balaban J connectivity index is 1.85. The van der Waals surface area contributed by atoms with Crippen molar-refractivity contribution in [3.63, 3.8) is 0 Å². The molecule has 0 aliphatic heterocycles. The summed E-state index contributed by atoms with van der Waals surface area (Å²) in [7, 11) is -3.91. The van der Waals surface area contributed by atoms with E-state index in [9.17, 15) is 13.5 Å². The zero-order valence-corrected chi connectivity index (χ0v) is 17.0. The first-order chi connectivity index (χ1) is 14.0. The van der Waals surface area contributed by atoms with Gasteiger partial charge in [0.05, 0.1) is 28.6 Å². The molecule has 1 aliphatic rings. The van der Waals surface area contributed by atoms with Gasteiger partial charge in [-0.3, -0.25) is 0 Å². The Bertz CT molecular complexity index is 1100. The van der Waals surface area contributed by atoms with Crippen molar-refractivity contribution in [1.82, 2.24) is 9.78 Å². The van der Waals surface area contributed by atoms with Crippen LogP contribution in [0.2, 0.25) is 0 Å². The first-order valence-corrected chi connectivity index (χ1v) is 11.4. The average Bonchev–Trinajstić information content (AvgIpc) is 3.19. The first kappa shape index (κ1) is 19.8. The number of rotatable bonds is 5. The monoisotopic (exact) mass is 411 g/mol. The summed E-state index contributed by atoms with van der Waals surface area (Å²) < 4.78 is 25.4. The van der Waals surface area contributed by atoms with Gasteiger partial charge in [-0.25, -0.2) is 18.2 Å². The standard InChI is InChI=1S/C22H25N3O3S/c23-29(27,28)22-12-11-19(13-18(22)15-26)25-21(17-9-5-2-6-10-17)14-20(24-25)16-7-3-1-4-8-16/h2,5-6,9-14,16,26H,1,3-4,7-8,15H2,(H2,23,27,28). The van der Waals surface area contributed by atoms with Gasteiger partial charge in [-0.1, -0.05) is 49.6 Å². The molecule has 152 valence electrons. The molecule has 1 aliphatic carbocycles. The van der Waals surface area contributed by atoms with Crippen molar-refractivity contribution in [1.29, 1.82) is 0 Å². The Morgan fingerprint density at radius 2 is 1.76 bits per heavy atom. The Morgan fingerprint density at radius 3 is 2.41 bits per heavy atom. The molecular formula is C22H25N3O3S. The van der Waals surface area contributed by atoms with Gasteiger partial charge in [0.1, 0.15) is 0 Å². The number of hydrogen-bond acceptors (Lipinski definition) is 4. The van der Waals surface area contributed by atoms with Crippen LogP contribution in [0.1, 0.15) is 49.3 Å². The fraction of sp³-hybridized carbons (Fsp3) is 0.318. The lowest BCUT2D eigenvalue weighted by Gasteiger charge is -2.19. The van der Waals surface area contributed by atoms with Crippen molar-refractivity contribution in [3.8, 4) is 16.9 Å². The summed E-state index contributed by atoms with van der Waals surface area (Å²) in [5, 5.41) is 19.9. The second kappa shape index (κ2) is 8.10. The van der Waals surface area contributed by atoms with Crippen LogP contribution in [0.15, 0.2) is 59.5 Å². The molecule has 0 atom stereocenters. The molecular weight excluding hydrogens is 386 g/mol. The van der Waals surface area contributed by atoms with E-state index < -0.39 is 16.6 Å². The van der Waals surface area contributed by atoms with Gasteiger partial charge in [0, 0.05) is 11.5 Å². The van der Waals surface area contributed by atoms with Gasteiger partial charge < -0.3 is 5.11 Å². The molecule has 3 N–H and O–H groups in total. The molecule has 0 radical (unpaired) electrons. The fourth-order valence-corrected chi connectivity index (χ4v) is 4.85. The van der Waals surface area contributed by atoms with E-state index in [1.807, 2.05) is 35.0 Å². The predicted octanol–water partition coefficient (Wildman–Crippen LogP) is 3.73. The lowest BCUT2D eigenvalue weighted by molar-refractivity contribution is 0.278. The molecule has 0 unspecified atom stereocenters. The normalized spacial score (nSPS) is 15.5. The summed E-state index contributed by atoms with van der Waals surface area (Å²) in [5.74, 6) is 0.438. The van der Waals surface area contributed by atoms with Crippen molar-refractivity contribution in [2.24, 2.45) is 5.14 Å². The Labute approximate surface area is 171 Å². The number of nitrogens with zero attached hydrogens (tertiary/aromatic N) is 2. The molecule has 1 heterocycles. The number of nitrogens with two attached hydrogens (primary N) is 1. The largest absolute Gasteiger partial charge is 0.392 e. The Hall–Kier alpha value is -2.48. The number of primary sulfonamides is 1. The number of sulfonamides is 1. The molecule has 2 aromatic carbocycles. The maximum atomic E-state index is 11.8. The van der Waals surface area contributed by atoms with Crippen LogP contribution in [0.5, 0.6) is 0 Å². The van der Waals surface area contributed by atoms with Crippen LogP contribution >= 0.6 is 0 Å². The fourth-order valence-electron chi connectivity index (χ4n) is 4.11. The summed E-state index contributed by atoms with van der Waals surface area (Å²) >= 11 is 0. The van der Waals surface area contributed by atoms with E-state index in [1.54, 1.807) is 12.1 Å². The lowest BCUT2D eigenvalue weighted by atomic mass is 9.87. The third kappa shape index (κ3) is 4.12. The van der Waals surface area contributed by atoms with Crippen LogP contribution in [-0.4, -0.2) is 23.3 Å². The van der Waals surface area contributed by atoms with Gasteiger partial charge in [-0.05, 0) is 42.7 Å². The van der Waals surface area contributed by atoms with Gasteiger partial charge in [0.2, 0.25) is 10.0 Å². The van der Waals surface area contributed by atoms with Crippen molar-refractivity contribution in [2.75, 3.05) is 0 Å². The quantitative estimate of drug-likeness (QED) is 0.668. The van der Waals surface area contributed by atoms with E-state index in [0.717, 1.165) is 29.8 Å². The highest BCUT2D eigenvalue weighted by atomic mass is 32.2. The molecule has 1 saturated carbocycles. The minimum atomic E-state index is -3.91. The molecule has 4 rings (SSSR count). The molecule has 0 spiro atoms. The molecule has 3 aromatic rings. The first-order valence-electron chi connectivity index (χ1n) is 9.90. The van der Waals surface area contributed by atoms with Crippen LogP contribution in [-0.2, 0) is 16.6 Å². The SMILES string of the molecule is NS(=O)(=O)c1ccc(-n2nc(C3CCCCC3)cc2-c2ccccc2)cc1CO. The van der Waals surface area contributed by atoms with Crippen molar-refractivity contribution in [3.05, 3.63) is 65.9 Å². The van der Waals surface area contributed by atoms with Crippen molar-refractivity contribution < 1.29 is 13.5 Å². The summed E-state index contributed by atoms with van der Waals surface area (Å²) in [6.07, 6.45) is 5.98. The molecule has 6 nitrogen and oxygen atoms in total. The smallest absolute Gasteiger partial charge is 0.238 e. The van der Waals surface area contributed by atoms with E-state index in [-0.39, 0.29) is 10.5 Å². The van der Waals surface area contributed by atoms with Gasteiger partial charge in [-0.2, -0.15) is 5.10 Å². The number of benzene rings is 2. The zero-order valence-electron chi connectivity index (χ0n) is 16.2. The second-order valence-corrected chi connectivity index (χ2v) is 9.09. The average molecular weight is 412 g/mol. The topological polar surface area (TPSA) is 98.2 Å². The van der Waals surface area contributed by atoms with Crippen LogP contribution in [0.4, 0.5) is 0 Å². The van der Waals surface area contributed by atoms with E-state index in [2.05, 4.69) is 6.07 Å². The molecule has 7 heteroatoms. The van der Waals surface area contributed by atoms with Crippen LogP contribution in [0.25, 0.3) is 16.9 Å². The van der Waals surface area contributed by atoms with Gasteiger partial charge in [0.15, 0.2) is 0 Å². The van der Waals surface area contributed by atoms with Gasteiger partial charge in [0.25, 0.3) is 0 Å². The lowest BCUT2D eigenvalue weighted by Crippen LogP contribution is -2.15. The number of aliphatic hydroxyl groups excluding tert-OH is 1. The molecule has 1 aromatic heterocycles. The summed E-state index contributed by atoms with van der Waals surface area (Å²) in [5.41, 5.74) is 3.99. The summed E-state index contributed by atoms with van der Waals surface area (Å²) in [6.45, 7) is -0.420. The second-order valence-electron chi connectivity index (χ2n) is 7.56. The summed E-state index contributed by atoms with van der Waals surface area (Å²) in [4.78, 5) is -0.0651. The van der Waals surface area contributed by atoms with Crippen molar-refractivity contribution in [2.45, 2.75) is 49.5 Å². The zero-order chi connectivity index (χ0) is 20.4. The molecule has 0 saturated heterocycles. The van der Waals surface area contributed by atoms with Crippen LogP contribution < -0.4 is 5.14 Å². The predicted molar refractivity (Wildman–Crippen MR) is 112 cm³/mol. The number of hydrogen-bond donors (Lipinski definition) is 2. The molecule has 1 fully saturated rings. The number of aliphatic hydroxyl groups is 1. The number of aromatic nitrogens is 2. The molecule has 0 amide bonds. The highest BCUT2D eigenvalue weighted by Crippen LogP contribution is 2.35.